The Kier molecular flexibility index (Phi) is 7.96. The van der Waals surface area contributed by atoms with Crippen molar-refractivity contribution in [1.29, 1.82) is 0 Å². The van der Waals surface area contributed by atoms with Gasteiger partial charge in [0.05, 0.1) is 16.6 Å². The predicted octanol–water partition coefficient (Wildman–Crippen LogP) is 2.57. The minimum absolute atomic E-state index is 0.0170. The fourth-order valence-corrected chi connectivity index (χ4v) is 6.00. The molecule has 2 aliphatic rings. The molecule has 34 heavy (non-hydrogen) atoms. The standard InChI is InChI=1S/C23H32F3N3O4S/c1-4-28-10-9-20(17(13-28)14-34(32,33)15(2)3)29-11-8-19(22(29)31)27-21(30)16-6-5-7-18(12-16)23(24,25)26/h5-7,12,15,17,19-20H,4,8-11,13-14H2,1-3H3,(H,27,30)/t17-,19?,20-/m0/s1. The second-order valence-corrected chi connectivity index (χ2v) is 11.9. The van der Waals surface area contributed by atoms with Crippen LogP contribution in [0.2, 0.25) is 0 Å². The first-order chi connectivity index (χ1) is 15.8. The number of amides is 2. The van der Waals surface area contributed by atoms with E-state index in [-0.39, 0.29) is 29.2 Å². The van der Waals surface area contributed by atoms with Gasteiger partial charge in [-0.2, -0.15) is 13.2 Å². The average Bonchev–Trinajstić information content (AvgIpc) is 3.12. The second-order valence-electron chi connectivity index (χ2n) is 9.31. The van der Waals surface area contributed by atoms with Crippen LogP contribution in [0.5, 0.6) is 0 Å². The highest BCUT2D eigenvalue weighted by atomic mass is 32.2. The van der Waals surface area contributed by atoms with Crippen LogP contribution < -0.4 is 5.32 Å². The van der Waals surface area contributed by atoms with E-state index in [2.05, 4.69) is 10.2 Å². The maximum Gasteiger partial charge on any atom is 0.416 e. The molecule has 11 heteroatoms. The van der Waals surface area contributed by atoms with Crippen molar-refractivity contribution in [1.82, 2.24) is 15.1 Å². The lowest BCUT2D eigenvalue weighted by Gasteiger charge is -2.42. The summed E-state index contributed by atoms with van der Waals surface area (Å²) in [6.07, 6.45) is -3.62. The molecule has 7 nitrogen and oxygen atoms in total. The van der Waals surface area contributed by atoms with Gasteiger partial charge in [0, 0.05) is 37.2 Å². The number of alkyl halides is 3. The molecule has 1 N–H and O–H groups in total. The first kappa shape index (κ1) is 26.5. The molecule has 0 radical (unpaired) electrons. The summed E-state index contributed by atoms with van der Waals surface area (Å²) >= 11 is 0. The van der Waals surface area contributed by atoms with Gasteiger partial charge in [-0.1, -0.05) is 13.0 Å². The van der Waals surface area contributed by atoms with Gasteiger partial charge in [0.1, 0.15) is 6.04 Å². The molecule has 0 bridgehead atoms. The van der Waals surface area contributed by atoms with Crippen molar-refractivity contribution in [2.75, 3.05) is 31.9 Å². The highest BCUT2D eigenvalue weighted by Gasteiger charge is 2.43. The summed E-state index contributed by atoms with van der Waals surface area (Å²) in [6.45, 7) is 7.75. The fourth-order valence-electron chi connectivity index (χ4n) is 4.69. The highest BCUT2D eigenvalue weighted by Crippen LogP contribution is 2.30. The van der Waals surface area contributed by atoms with Crippen molar-refractivity contribution < 1.29 is 31.2 Å². The maximum absolute atomic E-state index is 13.2. The van der Waals surface area contributed by atoms with E-state index in [4.69, 9.17) is 0 Å². The molecule has 2 saturated heterocycles. The number of piperidine rings is 1. The number of halogens is 3. The lowest BCUT2D eigenvalue weighted by molar-refractivity contribution is -0.137. The van der Waals surface area contributed by atoms with Crippen LogP contribution in [-0.4, -0.2) is 79.3 Å². The number of rotatable bonds is 7. The van der Waals surface area contributed by atoms with E-state index in [0.29, 0.717) is 25.9 Å². The Morgan fingerprint density at radius 2 is 1.91 bits per heavy atom. The van der Waals surface area contributed by atoms with Gasteiger partial charge < -0.3 is 15.1 Å². The van der Waals surface area contributed by atoms with Crippen LogP contribution in [0, 0.1) is 5.92 Å². The van der Waals surface area contributed by atoms with E-state index in [1.54, 1.807) is 18.7 Å². The van der Waals surface area contributed by atoms with Crippen LogP contribution in [-0.2, 0) is 20.8 Å². The van der Waals surface area contributed by atoms with Crippen molar-refractivity contribution in [2.24, 2.45) is 5.92 Å². The Bertz CT molecular complexity index is 1010. The summed E-state index contributed by atoms with van der Waals surface area (Å²) in [7, 11) is -3.32. The Labute approximate surface area is 198 Å². The van der Waals surface area contributed by atoms with Crippen LogP contribution in [0.3, 0.4) is 0 Å². The van der Waals surface area contributed by atoms with Crippen molar-refractivity contribution in [3.8, 4) is 0 Å². The minimum atomic E-state index is -4.57. The van der Waals surface area contributed by atoms with Crippen LogP contribution in [0.15, 0.2) is 24.3 Å². The smallest absolute Gasteiger partial charge is 0.340 e. The lowest BCUT2D eigenvalue weighted by atomic mass is 9.92. The molecule has 190 valence electrons. The Morgan fingerprint density at radius 1 is 1.21 bits per heavy atom. The van der Waals surface area contributed by atoms with Crippen LogP contribution >= 0.6 is 0 Å². The van der Waals surface area contributed by atoms with E-state index < -0.39 is 38.8 Å². The topological polar surface area (TPSA) is 86.8 Å². The first-order valence-electron chi connectivity index (χ1n) is 11.6. The zero-order chi connectivity index (χ0) is 25.3. The molecular formula is C23H32F3N3O4S. The molecule has 2 heterocycles. The van der Waals surface area contributed by atoms with E-state index in [1.807, 2.05) is 6.92 Å². The summed E-state index contributed by atoms with van der Waals surface area (Å²) in [6, 6.07) is 2.96. The van der Waals surface area contributed by atoms with E-state index in [1.165, 1.54) is 6.07 Å². The van der Waals surface area contributed by atoms with Gasteiger partial charge in [-0.25, -0.2) is 8.42 Å². The number of hydrogen-bond donors (Lipinski definition) is 1. The molecule has 2 aliphatic heterocycles. The third-order valence-electron chi connectivity index (χ3n) is 6.79. The van der Waals surface area contributed by atoms with Gasteiger partial charge in [0.2, 0.25) is 5.91 Å². The Hall–Kier alpha value is -2.14. The molecule has 0 spiro atoms. The van der Waals surface area contributed by atoms with Crippen molar-refractivity contribution in [2.45, 2.75) is 57.1 Å². The van der Waals surface area contributed by atoms with Crippen molar-refractivity contribution in [3.05, 3.63) is 35.4 Å². The van der Waals surface area contributed by atoms with Gasteiger partial charge in [0.25, 0.3) is 5.91 Å². The second kappa shape index (κ2) is 10.2. The molecule has 1 aromatic rings. The van der Waals surface area contributed by atoms with Gasteiger partial charge in [0.15, 0.2) is 9.84 Å². The third-order valence-corrected chi connectivity index (χ3v) is 9.12. The predicted molar refractivity (Wildman–Crippen MR) is 122 cm³/mol. The van der Waals surface area contributed by atoms with Gasteiger partial charge >= 0.3 is 6.18 Å². The summed E-state index contributed by atoms with van der Waals surface area (Å²) in [5, 5.41) is 2.05. The summed E-state index contributed by atoms with van der Waals surface area (Å²) < 4.78 is 64.2. The fraction of sp³-hybridized carbons (Fsp3) is 0.652. The average molecular weight is 504 g/mol. The molecule has 2 amide bonds. The van der Waals surface area contributed by atoms with E-state index in [0.717, 1.165) is 31.3 Å². The lowest BCUT2D eigenvalue weighted by Crippen LogP contribution is -2.55. The number of carbonyl (C=O) groups excluding carboxylic acids is 2. The molecule has 1 aromatic carbocycles. The molecule has 0 aliphatic carbocycles. The number of benzene rings is 1. The Morgan fingerprint density at radius 3 is 2.53 bits per heavy atom. The molecule has 2 fully saturated rings. The number of sulfone groups is 1. The van der Waals surface area contributed by atoms with Crippen LogP contribution in [0.4, 0.5) is 13.2 Å². The number of nitrogens with zero attached hydrogens (tertiary/aromatic N) is 2. The van der Waals surface area contributed by atoms with Crippen molar-refractivity contribution in [3.63, 3.8) is 0 Å². The maximum atomic E-state index is 13.2. The largest absolute Gasteiger partial charge is 0.416 e. The Balaban J connectivity index is 1.72. The summed E-state index contributed by atoms with van der Waals surface area (Å²) in [5.74, 6) is -1.33. The normalized spacial score (nSPS) is 24.6. The number of nitrogens with one attached hydrogen (secondary N) is 1. The minimum Gasteiger partial charge on any atom is -0.340 e. The third kappa shape index (κ3) is 5.91. The molecule has 0 aromatic heterocycles. The molecule has 3 atom stereocenters. The SMILES string of the molecule is CCN1CC[C@H](N2CCC(NC(=O)c3cccc(C(F)(F)F)c3)C2=O)[C@H](CS(=O)(=O)C(C)C)C1. The van der Waals surface area contributed by atoms with E-state index >= 15 is 0 Å². The molecular weight excluding hydrogens is 471 g/mol. The van der Waals surface area contributed by atoms with Crippen LogP contribution in [0.1, 0.15) is 49.5 Å². The first-order valence-corrected chi connectivity index (χ1v) is 13.3. The van der Waals surface area contributed by atoms with Crippen molar-refractivity contribution >= 4 is 21.7 Å². The van der Waals surface area contributed by atoms with Gasteiger partial charge in [-0.15, -0.1) is 0 Å². The number of likely N-dealkylation sites (tertiary alicyclic amines) is 2. The molecule has 1 unspecified atom stereocenters. The number of carbonyl (C=O) groups is 2. The zero-order valence-electron chi connectivity index (χ0n) is 19.6. The van der Waals surface area contributed by atoms with Crippen LogP contribution in [0.25, 0.3) is 0 Å². The highest BCUT2D eigenvalue weighted by molar-refractivity contribution is 7.91. The zero-order valence-corrected chi connectivity index (χ0v) is 20.5. The summed E-state index contributed by atoms with van der Waals surface area (Å²) in [4.78, 5) is 29.6. The molecule has 3 rings (SSSR count). The quantitative estimate of drug-likeness (QED) is 0.618. The monoisotopic (exact) mass is 503 g/mol. The summed E-state index contributed by atoms with van der Waals surface area (Å²) in [5.41, 5.74) is -1.10. The number of hydrogen-bond acceptors (Lipinski definition) is 5. The van der Waals surface area contributed by atoms with Gasteiger partial charge in [-0.05, 0) is 51.4 Å². The van der Waals surface area contributed by atoms with E-state index in [9.17, 15) is 31.2 Å². The molecule has 0 saturated carbocycles. The van der Waals surface area contributed by atoms with Gasteiger partial charge in [-0.3, -0.25) is 9.59 Å².